The van der Waals surface area contributed by atoms with Crippen molar-refractivity contribution in [1.29, 1.82) is 5.26 Å². The summed E-state index contributed by atoms with van der Waals surface area (Å²) in [6.45, 7) is 25.1. The fraction of sp³-hybridized carbons (Fsp3) is 0.593. The maximum absolute atomic E-state index is 12.9. The first-order valence-corrected chi connectivity index (χ1v) is 27.1. The number of piperazine rings is 1. The van der Waals surface area contributed by atoms with Crippen molar-refractivity contribution in [3.05, 3.63) is 70.8 Å². The number of rotatable bonds is 21. The van der Waals surface area contributed by atoms with E-state index in [4.69, 9.17) is 19.0 Å². The molecule has 0 bridgehead atoms. The van der Waals surface area contributed by atoms with E-state index in [1.807, 2.05) is 7.05 Å². The van der Waals surface area contributed by atoms with Crippen molar-refractivity contribution in [1.82, 2.24) is 14.5 Å². The molecular weight excluding hydrogens is 874 g/mol. The largest absolute Gasteiger partial charge is 0.497 e. The number of unbranched alkanes of at least 4 members (excludes halogenated alkanes) is 3. The predicted molar refractivity (Wildman–Crippen MR) is 281 cm³/mol. The van der Waals surface area contributed by atoms with Gasteiger partial charge in [0.25, 0.3) is 8.53 Å². The summed E-state index contributed by atoms with van der Waals surface area (Å²) in [6, 6.07) is 21.3. The Kier molecular flexibility index (Phi) is 18.0. The Morgan fingerprint density at radius 2 is 1.69 bits per heavy atom. The minimum absolute atomic E-state index is 0.101. The third kappa shape index (κ3) is 12.3. The molecule has 3 aliphatic heterocycles. The summed E-state index contributed by atoms with van der Waals surface area (Å²) in [5, 5.41) is 13.3. The van der Waals surface area contributed by atoms with Gasteiger partial charge in [0.05, 0.1) is 44.2 Å². The predicted octanol–water partition coefficient (Wildman–Crippen LogP) is 11.4. The standard InChI is InChI=1S/C54H78N7O4PS/c1-10-24-60-38-42-33-41-17-18-43(34-52(41)67-51(42)21-23-56-49-37-48-46(36-50(49)60)45-20-19-44(63-9)35-47(45)54(48,6)7)59-28-26-58(27-29-59)25-14-12-11-13-16-53(62)57(8)30-32-65-66(64-31-15-22-55)61(39(2)3)40(4)5/h17-20,33-37,39-40,51,56H,10-16,21,23-32,38H2,1-9H3. The van der Waals surface area contributed by atoms with Gasteiger partial charge in [-0.25, -0.2) is 4.67 Å². The monoisotopic (exact) mass is 952 g/mol. The number of ether oxygens (including phenoxy) is 1. The highest BCUT2D eigenvalue weighted by Gasteiger charge is 2.38. The average Bonchev–Trinajstić information content (AvgIpc) is 3.56. The Balaban J connectivity index is 0.861. The maximum Gasteiger partial charge on any atom is 0.259 e. The summed E-state index contributed by atoms with van der Waals surface area (Å²) >= 11 is 2.07. The average molecular weight is 952 g/mol. The number of benzene rings is 3. The van der Waals surface area contributed by atoms with Crippen LogP contribution in [0.3, 0.4) is 0 Å². The zero-order valence-corrected chi connectivity index (χ0v) is 43.7. The van der Waals surface area contributed by atoms with E-state index in [0.717, 1.165) is 90.2 Å². The number of anilines is 3. The van der Waals surface area contributed by atoms with Crippen LogP contribution in [-0.4, -0.2) is 124 Å². The number of hydrogen-bond donors (Lipinski definition) is 1. The van der Waals surface area contributed by atoms with Crippen molar-refractivity contribution in [2.45, 2.75) is 127 Å². The summed E-state index contributed by atoms with van der Waals surface area (Å²) in [5.74, 6) is 1.08. The second kappa shape index (κ2) is 23.7. The van der Waals surface area contributed by atoms with Crippen LogP contribution in [0.2, 0.25) is 0 Å². The van der Waals surface area contributed by atoms with Crippen LogP contribution in [-0.2, 0) is 19.3 Å². The molecule has 3 aromatic carbocycles. The molecule has 1 aliphatic carbocycles. The Labute approximate surface area is 408 Å². The van der Waals surface area contributed by atoms with Crippen molar-refractivity contribution >= 4 is 49.3 Å². The number of nitriles is 1. The highest BCUT2D eigenvalue weighted by molar-refractivity contribution is 8.00. The molecule has 13 heteroatoms. The topological polar surface area (TPSA) is 96.8 Å². The second-order valence-corrected chi connectivity index (χ2v) is 22.5. The number of nitrogens with zero attached hydrogens (tertiary/aromatic N) is 6. The molecule has 67 heavy (non-hydrogen) atoms. The third-order valence-electron chi connectivity index (χ3n) is 14.0. The van der Waals surface area contributed by atoms with Gasteiger partial charge >= 0.3 is 0 Å². The van der Waals surface area contributed by atoms with Gasteiger partial charge in [-0.3, -0.25) is 9.69 Å². The maximum atomic E-state index is 12.9. The molecule has 3 heterocycles. The van der Waals surface area contributed by atoms with Crippen LogP contribution in [0, 0.1) is 11.3 Å². The third-order valence-corrected chi connectivity index (χ3v) is 17.6. The zero-order chi connectivity index (χ0) is 47.7. The molecule has 1 N–H and O–H groups in total. The summed E-state index contributed by atoms with van der Waals surface area (Å²) in [7, 11) is 2.32. The minimum Gasteiger partial charge on any atom is -0.497 e. The number of fused-ring (bicyclic) bond motifs is 6. The van der Waals surface area contributed by atoms with Crippen LogP contribution in [0.4, 0.5) is 17.1 Å². The number of thioether (sulfide) groups is 1. The molecule has 2 atom stereocenters. The van der Waals surface area contributed by atoms with Gasteiger partial charge in [0.2, 0.25) is 5.91 Å². The van der Waals surface area contributed by atoms with Crippen molar-refractivity contribution in [2.24, 2.45) is 0 Å². The van der Waals surface area contributed by atoms with Gasteiger partial charge in [-0.2, -0.15) is 5.26 Å². The highest BCUT2D eigenvalue weighted by atomic mass is 32.2. The van der Waals surface area contributed by atoms with Crippen molar-refractivity contribution in [3.63, 3.8) is 0 Å². The SMILES string of the molecule is CCCN1CC2=Cc3ccc(N4CCN(CCCCCCC(=O)N(C)CCOP(OCCC#N)N(C(C)C)C(C)C)CC4)cc3SC2CCNc2cc3c(cc21)-c1ccc(OC)cc1C3(C)C. The first-order valence-electron chi connectivity index (χ1n) is 25.1. The first-order chi connectivity index (χ1) is 32.3. The summed E-state index contributed by atoms with van der Waals surface area (Å²) in [6.07, 6.45) is 9.88. The number of carbonyl (C=O) groups is 1. The second-order valence-electron chi connectivity index (χ2n) is 19.8. The Morgan fingerprint density at radius 3 is 2.42 bits per heavy atom. The molecule has 0 saturated carbocycles. The lowest BCUT2D eigenvalue weighted by molar-refractivity contribution is -0.130. The summed E-state index contributed by atoms with van der Waals surface area (Å²) in [4.78, 5) is 23.9. The number of likely N-dealkylation sites (N-methyl/N-ethyl adjacent to an activating group) is 1. The molecule has 7 rings (SSSR count). The van der Waals surface area contributed by atoms with Gasteiger partial charge in [-0.15, -0.1) is 11.8 Å². The number of amides is 1. The highest BCUT2D eigenvalue weighted by Crippen LogP contribution is 2.53. The number of carbonyl (C=O) groups excluding carboxylic acids is 1. The fourth-order valence-electron chi connectivity index (χ4n) is 10.3. The van der Waals surface area contributed by atoms with E-state index in [2.05, 4.69) is 146 Å². The van der Waals surface area contributed by atoms with E-state index >= 15 is 0 Å². The van der Waals surface area contributed by atoms with Crippen molar-refractivity contribution in [2.75, 3.05) is 101 Å². The van der Waals surface area contributed by atoms with Gasteiger partial charge in [0.1, 0.15) is 5.75 Å². The molecular formula is C54H78N7O4PS. The van der Waals surface area contributed by atoms with Crippen LogP contribution in [0.25, 0.3) is 17.2 Å². The molecule has 1 amide bonds. The number of hydrogen-bond acceptors (Lipinski definition) is 11. The van der Waals surface area contributed by atoms with E-state index in [-0.39, 0.29) is 23.4 Å². The Hall–Kier alpha value is -3.82. The van der Waals surface area contributed by atoms with Crippen LogP contribution >= 0.6 is 20.3 Å². The first kappa shape index (κ1) is 51.0. The molecule has 1 saturated heterocycles. The van der Waals surface area contributed by atoms with Crippen molar-refractivity contribution < 1.29 is 18.6 Å². The van der Waals surface area contributed by atoms with Crippen LogP contribution < -0.4 is 19.9 Å². The number of nitrogens with one attached hydrogen (secondary N) is 1. The molecule has 2 unspecified atom stereocenters. The minimum atomic E-state index is -1.30. The Morgan fingerprint density at radius 1 is 0.940 bits per heavy atom. The van der Waals surface area contributed by atoms with Gasteiger partial charge in [0.15, 0.2) is 0 Å². The summed E-state index contributed by atoms with van der Waals surface area (Å²) < 4.78 is 20.0. The van der Waals surface area contributed by atoms with E-state index in [1.165, 1.54) is 61.8 Å². The van der Waals surface area contributed by atoms with Gasteiger partial charge in [-0.05, 0) is 130 Å². The lowest BCUT2D eigenvalue weighted by Gasteiger charge is -2.37. The van der Waals surface area contributed by atoms with Gasteiger partial charge < -0.3 is 33.8 Å². The molecule has 364 valence electrons. The Bertz CT molecular complexity index is 2210. The zero-order valence-electron chi connectivity index (χ0n) is 42.0. The van der Waals surface area contributed by atoms with E-state index in [9.17, 15) is 4.79 Å². The fourth-order valence-corrected chi connectivity index (χ4v) is 13.2. The molecule has 0 aromatic heterocycles. The lowest BCUT2D eigenvalue weighted by Crippen LogP contribution is -2.46. The lowest BCUT2D eigenvalue weighted by atomic mass is 9.82. The molecule has 11 nitrogen and oxygen atoms in total. The quantitative estimate of drug-likeness (QED) is 0.0817. The van der Waals surface area contributed by atoms with E-state index in [1.54, 1.807) is 12.0 Å². The van der Waals surface area contributed by atoms with Crippen molar-refractivity contribution in [3.8, 4) is 22.9 Å². The van der Waals surface area contributed by atoms with Gasteiger partial charge in [0, 0.05) is 99.2 Å². The summed E-state index contributed by atoms with van der Waals surface area (Å²) in [5.41, 5.74) is 12.1. The van der Waals surface area contributed by atoms with Crippen LogP contribution in [0.15, 0.2) is 59.0 Å². The van der Waals surface area contributed by atoms with Crippen LogP contribution in [0.1, 0.15) is 117 Å². The molecule has 4 aliphatic rings. The molecule has 0 spiro atoms. The number of methoxy groups -OCH3 is 1. The molecule has 0 radical (unpaired) electrons. The smallest absolute Gasteiger partial charge is 0.259 e. The van der Waals surface area contributed by atoms with E-state index in [0.29, 0.717) is 37.9 Å². The molecule has 1 fully saturated rings. The van der Waals surface area contributed by atoms with Crippen LogP contribution in [0.5, 0.6) is 5.75 Å². The van der Waals surface area contributed by atoms with E-state index < -0.39 is 8.53 Å². The molecule has 3 aromatic rings. The normalized spacial score (nSPS) is 18.1. The van der Waals surface area contributed by atoms with Gasteiger partial charge in [-0.1, -0.05) is 51.8 Å².